The topological polar surface area (TPSA) is 123 Å². The normalized spacial score (nSPS) is 10.8. The number of carbonyl (C=O) groups is 1. The van der Waals surface area contributed by atoms with Crippen LogP contribution >= 0.6 is 23.1 Å². The van der Waals surface area contributed by atoms with Crippen LogP contribution in [0.3, 0.4) is 0 Å². The van der Waals surface area contributed by atoms with Crippen molar-refractivity contribution in [1.82, 2.24) is 19.7 Å². The lowest BCUT2D eigenvalue weighted by Gasteiger charge is -2.05. The highest BCUT2D eigenvalue weighted by Gasteiger charge is 2.17. The zero-order valence-corrected chi connectivity index (χ0v) is 14.6. The van der Waals surface area contributed by atoms with Gasteiger partial charge in [0.05, 0.1) is 12.8 Å². The number of amides is 1. The molecule has 3 aromatic rings. The van der Waals surface area contributed by atoms with E-state index in [9.17, 15) is 14.4 Å². The molecule has 130 valence electrons. The van der Waals surface area contributed by atoms with Crippen molar-refractivity contribution < 1.29 is 9.21 Å². The van der Waals surface area contributed by atoms with Gasteiger partial charge in [0.1, 0.15) is 11.3 Å². The molecular weight excluding hydrogens is 366 g/mol. The van der Waals surface area contributed by atoms with Crippen molar-refractivity contribution in [2.24, 2.45) is 0 Å². The van der Waals surface area contributed by atoms with E-state index in [0.29, 0.717) is 5.76 Å². The quantitative estimate of drug-likeness (QED) is 0.490. The molecule has 0 atom stereocenters. The van der Waals surface area contributed by atoms with Crippen molar-refractivity contribution in [3.05, 3.63) is 56.8 Å². The Morgan fingerprint density at radius 2 is 2.28 bits per heavy atom. The second-order valence-electron chi connectivity index (χ2n) is 4.74. The van der Waals surface area contributed by atoms with Gasteiger partial charge in [0.25, 0.3) is 11.5 Å². The fourth-order valence-electron chi connectivity index (χ4n) is 1.98. The van der Waals surface area contributed by atoms with E-state index in [1.165, 1.54) is 29.4 Å². The van der Waals surface area contributed by atoms with Gasteiger partial charge in [-0.15, -0.1) is 10.2 Å². The Kier molecular flexibility index (Phi) is 5.14. The lowest BCUT2D eigenvalue weighted by atomic mass is 10.3. The molecule has 9 nitrogen and oxygen atoms in total. The van der Waals surface area contributed by atoms with Crippen molar-refractivity contribution in [3.8, 4) is 0 Å². The molecule has 0 saturated heterocycles. The lowest BCUT2D eigenvalue weighted by molar-refractivity contribution is 0.102. The number of rotatable bonds is 6. The van der Waals surface area contributed by atoms with Crippen LogP contribution in [0.4, 0.5) is 5.13 Å². The van der Waals surface area contributed by atoms with E-state index in [1.54, 1.807) is 12.1 Å². The number of nitrogens with one attached hydrogen (secondary N) is 2. The van der Waals surface area contributed by atoms with Crippen molar-refractivity contribution >= 4 is 34.1 Å². The molecule has 0 fully saturated rings. The monoisotopic (exact) mass is 379 g/mol. The van der Waals surface area contributed by atoms with Crippen molar-refractivity contribution in [2.45, 2.75) is 17.8 Å². The maximum absolute atomic E-state index is 12.5. The van der Waals surface area contributed by atoms with Gasteiger partial charge in [-0.2, -0.15) is 0 Å². The van der Waals surface area contributed by atoms with Crippen molar-refractivity contribution in [1.29, 1.82) is 0 Å². The first-order valence-corrected chi connectivity index (χ1v) is 9.01. The molecule has 0 aromatic carbocycles. The Hall–Kier alpha value is -2.66. The van der Waals surface area contributed by atoms with E-state index in [2.05, 4.69) is 20.5 Å². The zero-order chi connectivity index (χ0) is 17.8. The summed E-state index contributed by atoms with van der Waals surface area (Å²) in [5.74, 6) is 0.592. The molecule has 1 amide bonds. The third kappa shape index (κ3) is 3.88. The van der Waals surface area contributed by atoms with Gasteiger partial charge in [0, 0.05) is 6.20 Å². The van der Waals surface area contributed by atoms with Gasteiger partial charge in [-0.3, -0.25) is 19.5 Å². The molecular formula is C14H13N5O4S2. The third-order valence-electron chi connectivity index (χ3n) is 3.09. The molecule has 0 aliphatic carbocycles. The van der Waals surface area contributed by atoms with E-state index in [1.807, 2.05) is 6.92 Å². The maximum atomic E-state index is 12.5. The number of carbonyl (C=O) groups excluding carboxylic acids is 1. The standard InChI is InChI=1S/C14H13N5O4S2/c1-2-24-14-18-17-12(25-14)16-10(20)9-6-15-13(22)19(11(9)21)7-8-4-3-5-23-8/h3-6H,2,7H2,1H3,(H,15,22)(H,16,17,20). The summed E-state index contributed by atoms with van der Waals surface area (Å²) in [6.07, 6.45) is 2.52. The SMILES string of the molecule is CCSc1nnc(NC(=O)c2c[nH]c(=O)n(Cc3ccco3)c2=O)s1. The average Bonchev–Trinajstić information content (AvgIpc) is 3.24. The second-order valence-corrected chi connectivity index (χ2v) is 7.23. The number of hydrogen-bond acceptors (Lipinski definition) is 8. The second kappa shape index (κ2) is 7.49. The minimum absolute atomic E-state index is 0.0710. The molecule has 0 unspecified atom stereocenters. The van der Waals surface area contributed by atoms with Crippen LogP contribution in [-0.4, -0.2) is 31.4 Å². The number of anilines is 1. The Morgan fingerprint density at radius 3 is 3.00 bits per heavy atom. The molecule has 0 saturated carbocycles. The van der Waals surface area contributed by atoms with E-state index in [-0.39, 0.29) is 17.2 Å². The highest BCUT2D eigenvalue weighted by molar-refractivity contribution is 8.01. The average molecular weight is 379 g/mol. The van der Waals surface area contributed by atoms with Gasteiger partial charge >= 0.3 is 5.69 Å². The van der Waals surface area contributed by atoms with Crippen LogP contribution in [-0.2, 0) is 6.54 Å². The van der Waals surface area contributed by atoms with E-state index >= 15 is 0 Å². The Morgan fingerprint density at radius 1 is 1.44 bits per heavy atom. The first kappa shape index (κ1) is 17.2. The molecule has 0 bridgehead atoms. The molecule has 3 heterocycles. The van der Waals surface area contributed by atoms with Crippen LogP contribution in [0.5, 0.6) is 0 Å². The summed E-state index contributed by atoms with van der Waals surface area (Å²) in [6.45, 7) is 1.91. The molecule has 25 heavy (non-hydrogen) atoms. The highest BCUT2D eigenvalue weighted by atomic mass is 32.2. The predicted molar refractivity (Wildman–Crippen MR) is 93.4 cm³/mol. The minimum Gasteiger partial charge on any atom is -0.467 e. The summed E-state index contributed by atoms with van der Waals surface area (Å²) >= 11 is 2.71. The van der Waals surface area contributed by atoms with Crippen LogP contribution in [0.25, 0.3) is 0 Å². The van der Waals surface area contributed by atoms with Gasteiger partial charge in [-0.05, 0) is 17.9 Å². The maximum Gasteiger partial charge on any atom is 0.328 e. The molecule has 0 aliphatic rings. The number of nitrogens with zero attached hydrogens (tertiary/aromatic N) is 3. The van der Waals surface area contributed by atoms with E-state index < -0.39 is 17.2 Å². The fourth-order valence-corrected chi connectivity index (χ4v) is 3.63. The fraction of sp³-hybridized carbons (Fsp3) is 0.214. The van der Waals surface area contributed by atoms with Crippen LogP contribution in [0.1, 0.15) is 23.0 Å². The third-order valence-corrected chi connectivity index (χ3v) is 4.95. The molecule has 0 aliphatic heterocycles. The molecule has 3 aromatic heterocycles. The first-order valence-electron chi connectivity index (χ1n) is 7.21. The Balaban J connectivity index is 1.85. The van der Waals surface area contributed by atoms with Crippen molar-refractivity contribution in [3.63, 3.8) is 0 Å². The summed E-state index contributed by atoms with van der Waals surface area (Å²) in [5, 5.41) is 10.6. The first-order chi connectivity index (χ1) is 12.1. The molecule has 0 radical (unpaired) electrons. The van der Waals surface area contributed by atoms with Gasteiger partial charge in [-0.1, -0.05) is 30.0 Å². The number of aromatic amines is 1. The number of aromatic nitrogens is 4. The van der Waals surface area contributed by atoms with E-state index in [4.69, 9.17) is 4.42 Å². The van der Waals surface area contributed by atoms with Crippen LogP contribution < -0.4 is 16.6 Å². The van der Waals surface area contributed by atoms with Crippen LogP contribution in [0.15, 0.2) is 42.9 Å². The number of hydrogen-bond donors (Lipinski definition) is 2. The van der Waals surface area contributed by atoms with E-state index in [0.717, 1.165) is 20.9 Å². The summed E-state index contributed by atoms with van der Waals surface area (Å²) in [7, 11) is 0. The molecule has 3 rings (SSSR count). The van der Waals surface area contributed by atoms with Gasteiger partial charge < -0.3 is 9.40 Å². The highest BCUT2D eigenvalue weighted by Crippen LogP contribution is 2.25. The van der Waals surface area contributed by atoms with Crippen LogP contribution in [0.2, 0.25) is 0 Å². The molecule has 2 N–H and O–H groups in total. The smallest absolute Gasteiger partial charge is 0.328 e. The summed E-state index contributed by atoms with van der Waals surface area (Å²) in [4.78, 5) is 39.1. The largest absolute Gasteiger partial charge is 0.467 e. The van der Waals surface area contributed by atoms with Crippen LogP contribution in [0, 0.1) is 0 Å². The Bertz CT molecular complexity index is 989. The molecule has 11 heteroatoms. The summed E-state index contributed by atoms with van der Waals surface area (Å²) < 4.78 is 6.75. The van der Waals surface area contributed by atoms with Gasteiger partial charge in [0.15, 0.2) is 4.34 Å². The number of H-pyrrole nitrogens is 1. The predicted octanol–water partition coefficient (Wildman–Crippen LogP) is 1.39. The van der Waals surface area contributed by atoms with Gasteiger partial charge in [-0.25, -0.2) is 4.79 Å². The lowest BCUT2D eigenvalue weighted by Crippen LogP contribution is -2.39. The Labute approximate surface area is 149 Å². The zero-order valence-electron chi connectivity index (χ0n) is 13.0. The molecule has 0 spiro atoms. The number of thioether (sulfide) groups is 1. The summed E-state index contributed by atoms with van der Waals surface area (Å²) in [6, 6.07) is 3.28. The van der Waals surface area contributed by atoms with Gasteiger partial charge in [0.2, 0.25) is 5.13 Å². The van der Waals surface area contributed by atoms with Crippen molar-refractivity contribution in [2.75, 3.05) is 11.1 Å². The summed E-state index contributed by atoms with van der Waals surface area (Å²) in [5.41, 5.74) is -1.55. The number of furan rings is 1. The minimum atomic E-state index is -0.717.